The molecule has 0 spiro atoms. The smallest absolute Gasteiger partial charge is 0.135 e. The van der Waals surface area contributed by atoms with Crippen LogP contribution in [-0.4, -0.2) is 6.54 Å². The molecule has 3 heteroatoms. The van der Waals surface area contributed by atoms with E-state index in [1.165, 1.54) is 0 Å². The summed E-state index contributed by atoms with van der Waals surface area (Å²) < 4.78 is 5.83. The zero-order chi connectivity index (χ0) is 14.4. The molecular weight excluding hydrogens is 270 g/mol. The number of halogens is 1. The van der Waals surface area contributed by atoms with Crippen LogP contribution >= 0.6 is 11.6 Å². The van der Waals surface area contributed by atoms with Crippen LogP contribution in [-0.2, 0) is 6.61 Å². The summed E-state index contributed by atoms with van der Waals surface area (Å²) in [5.74, 6) is 6.65. The van der Waals surface area contributed by atoms with E-state index in [2.05, 4.69) is 11.8 Å². The Balaban J connectivity index is 2.16. The molecule has 0 heterocycles. The number of nitrogens with two attached hydrogens (primary N) is 1. The van der Waals surface area contributed by atoms with Gasteiger partial charge in [0, 0.05) is 5.02 Å². The summed E-state index contributed by atoms with van der Waals surface area (Å²) in [6, 6.07) is 13.5. The Bertz CT molecular complexity index is 656. The highest BCUT2D eigenvalue weighted by Crippen LogP contribution is 2.21. The predicted molar refractivity (Wildman–Crippen MR) is 82.9 cm³/mol. The van der Waals surface area contributed by atoms with Crippen molar-refractivity contribution in [3.63, 3.8) is 0 Å². The van der Waals surface area contributed by atoms with Crippen molar-refractivity contribution >= 4 is 11.6 Å². The van der Waals surface area contributed by atoms with Crippen molar-refractivity contribution in [2.45, 2.75) is 13.5 Å². The van der Waals surface area contributed by atoms with E-state index in [1.54, 1.807) is 0 Å². The third-order valence-electron chi connectivity index (χ3n) is 2.74. The lowest BCUT2D eigenvalue weighted by Gasteiger charge is -2.09. The number of ether oxygens (including phenoxy) is 1. The average Bonchev–Trinajstić information content (AvgIpc) is 2.44. The van der Waals surface area contributed by atoms with E-state index in [1.807, 2.05) is 49.4 Å². The van der Waals surface area contributed by atoms with Gasteiger partial charge in [0.05, 0.1) is 12.1 Å². The van der Waals surface area contributed by atoms with Gasteiger partial charge in [-0.25, -0.2) is 0 Å². The molecule has 0 unspecified atom stereocenters. The third kappa shape index (κ3) is 4.03. The van der Waals surface area contributed by atoms with E-state index in [9.17, 15) is 0 Å². The first-order chi connectivity index (χ1) is 9.69. The van der Waals surface area contributed by atoms with Crippen LogP contribution in [0.15, 0.2) is 42.5 Å². The third-order valence-corrected chi connectivity index (χ3v) is 2.98. The second kappa shape index (κ2) is 7.00. The SMILES string of the molecule is Cc1ccc(OCc2cccc(Cl)c2)c(C#CCN)c1. The minimum Gasteiger partial charge on any atom is -0.488 e. The average molecular weight is 286 g/mol. The van der Waals surface area contributed by atoms with E-state index in [4.69, 9.17) is 22.1 Å². The minimum absolute atomic E-state index is 0.335. The first kappa shape index (κ1) is 14.5. The molecule has 20 heavy (non-hydrogen) atoms. The number of hydrogen-bond acceptors (Lipinski definition) is 2. The normalized spacial score (nSPS) is 9.75. The van der Waals surface area contributed by atoms with E-state index < -0.39 is 0 Å². The maximum atomic E-state index is 5.96. The summed E-state index contributed by atoms with van der Waals surface area (Å²) >= 11 is 5.96. The first-order valence-corrected chi connectivity index (χ1v) is 6.73. The fourth-order valence-electron chi connectivity index (χ4n) is 1.80. The summed E-state index contributed by atoms with van der Waals surface area (Å²) in [7, 11) is 0. The highest BCUT2D eigenvalue weighted by molar-refractivity contribution is 6.30. The molecule has 0 saturated carbocycles. The van der Waals surface area contributed by atoms with Crippen molar-refractivity contribution in [2.24, 2.45) is 5.73 Å². The van der Waals surface area contributed by atoms with Crippen LogP contribution in [0.25, 0.3) is 0 Å². The number of aryl methyl sites for hydroxylation is 1. The second-order valence-corrected chi connectivity index (χ2v) is 4.86. The van der Waals surface area contributed by atoms with Crippen LogP contribution in [0.4, 0.5) is 0 Å². The van der Waals surface area contributed by atoms with Gasteiger partial charge in [0.1, 0.15) is 12.4 Å². The van der Waals surface area contributed by atoms with Crippen molar-refractivity contribution < 1.29 is 4.74 Å². The summed E-state index contributed by atoms with van der Waals surface area (Å²) in [5.41, 5.74) is 8.44. The van der Waals surface area contributed by atoms with E-state index in [-0.39, 0.29) is 0 Å². The minimum atomic E-state index is 0.335. The van der Waals surface area contributed by atoms with Gasteiger partial charge in [0.15, 0.2) is 0 Å². The van der Waals surface area contributed by atoms with Crippen molar-refractivity contribution in [1.29, 1.82) is 0 Å². The fourth-order valence-corrected chi connectivity index (χ4v) is 2.01. The largest absolute Gasteiger partial charge is 0.488 e. The maximum Gasteiger partial charge on any atom is 0.135 e. The second-order valence-electron chi connectivity index (χ2n) is 4.42. The van der Waals surface area contributed by atoms with Gasteiger partial charge in [-0.3, -0.25) is 0 Å². The Morgan fingerprint density at radius 1 is 1.20 bits per heavy atom. The van der Waals surface area contributed by atoms with Gasteiger partial charge in [-0.1, -0.05) is 41.6 Å². The zero-order valence-corrected chi connectivity index (χ0v) is 12.1. The first-order valence-electron chi connectivity index (χ1n) is 6.36. The Morgan fingerprint density at radius 2 is 2.05 bits per heavy atom. The molecule has 2 N–H and O–H groups in total. The molecule has 0 fully saturated rings. The topological polar surface area (TPSA) is 35.2 Å². The lowest BCUT2D eigenvalue weighted by Crippen LogP contribution is -1.98. The van der Waals surface area contributed by atoms with Gasteiger partial charge in [-0.05, 0) is 42.3 Å². The predicted octanol–water partition coefficient (Wildman–Crippen LogP) is 3.54. The Morgan fingerprint density at radius 3 is 2.80 bits per heavy atom. The standard InChI is InChI=1S/C17H16ClNO/c1-13-7-8-17(15(10-13)5-3-9-19)20-12-14-4-2-6-16(18)11-14/h2,4,6-8,10-11H,9,12,19H2,1H3. The highest BCUT2D eigenvalue weighted by atomic mass is 35.5. The molecule has 2 aromatic rings. The lowest BCUT2D eigenvalue weighted by molar-refractivity contribution is 0.305. The zero-order valence-electron chi connectivity index (χ0n) is 11.3. The van der Waals surface area contributed by atoms with Crippen LogP contribution in [0.1, 0.15) is 16.7 Å². The van der Waals surface area contributed by atoms with Crippen LogP contribution in [0.5, 0.6) is 5.75 Å². The quantitative estimate of drug-likeness (QED) is 0.876. The summed E-state index contributed by atoms with van der Waals surface area (Å²) in [4.78, 5) is 0. The van der Waals surface area contributed by atoms with Gasteiger partial charge in [-0.2, -0.15) is 0 Å². The molecule has 2 rings (SSSR count). The molecule has 0 aliphatic rings. The Kier molecular flexibility index (Phi) is 5.06. The molecule has 2 nitrogen and oxygen atoms in total. The molecule has 102 valence electrons. The number of benzene rings is 2. The van der Waals surface area contributed by atoms with Crippen molar-refractivity contribution in [3.8, 4) is 17.6 Å². The lowest BCUT2D eigenvalue weighted by atomic mass is 10.1. The van der Waals surface area contributed by atoms with Crippen molar-refractivity contribution in [2.75, 3.05) is 6.54 Å². The molecule has 0 saturated heterocycles. The van der Waals surface area contributed by atoms with Gasteiger partial charge in [0.25, 0.3) is 0 Å². The molecule has 0 amide bonds. The molecule has 0 aliphatic carbocycles. The van der Waals surface area contributed by atoms with E-state index in [0.29, 0.717) is 18.2 Å². The van der Waals surface area contributed by atoms with Gasteiger partial charge < -0.3 is 10.5 Å². The van der Waals surface area contributed by atoms with Crippen LogP contribution in [0.2, 0.25) is 5.02 Å². The molecule has 0 radical (unpaired) electrons. The van der Waals surface area contributed by atoms with Gasteiger partial charge >= 0.3 is 0 Å². The molecule has 0 bridgehead atoms. The number of rotatable bonds is 3. The maximum absolute atomic E-state index is 5.96. The van der Waals surface area contributed by atoms with Crippen molar-refractivity contribution in [3.05, 3.63) is 64.2 Å². The van der Waals surface area contributed by atoms with E-state index in [0.717, 1.165) is 22.4 Å². The van der Waals surface area contributed by atoms with E-state index >= 15 is 0 Å². The van der Waals surface area contributed by atoms with Crippen molar-refractivity contribution in [1.82, 2.24) is 0 Å². The Hall–Kier alpha value is -1.95. The Labute approximate surface area is 124 Å². The summed E-state index contributed by atoms with van der Waals surface area (Å²) in [5, 5.41) is 0.707. The molecule has 2 aromatic carbocycles. The van der Waals surface area contributed by atoms with Crippen LogP contribution in [0, 0.1) is 18.8 Å². The van der Waals surface area contributed by atoms with Gasteiger partial charge in [-0.15, -0.1) is 0 Å². The van der Waals surface area contributed by atoms with Crippen LogP contribution < -0.4 is 10.5 Å². The summed E-state index contributed by atoms with van der Waals surface area (Å²) in [6.45, 7) is 2.82. The monoisotopic (exact) mass is 285 g/mol. The van der Waals surface area contributed by atoms with Crippen LogP contribution in [0.3, 0.4) is 0 Å². The highest BCUT2D eigenvalue weighted by Gasteiger charge is 2.03. The molecule has 0 atom stereocenters. The summed E-state index contributed by atoms with van der Waals surface area (Å²) in [6.07, 6.45) is 0. The molecule has 0 aliphatic heterocycles. The number of hydrogen-bond donors (Lipinski definition) is 1. The molecular formula is C17H16ClNO. The molecule has 0 aromatic heterocycles. The fraction of sp³-hybridized carbons (Fsp3) is 0.176. The van der Waals surface area contributed by atoms with Gasteiger partial charge in [0.2, 0.25) is 0 Å².